The third-order valence-electron chi connectivity index (χ3n) is 3.54. The molecule has 0 fully saturated rings. The van der Waals surface area contributed by atoms with Crippen LogP contribution in [0.5, 0.6) is 11.5 Å². The Morgan fingerprint density at radius 2 is 1.76 bits per heavy atom. The zero-order valence-corrected chi connectivity index (χ0v) is 13.1. The van der Waals surface area contributed by atoms with Gasteiger partial charge in [0.05, 0.1) is 7.11 Å². The van der Waals surface area contributed by atoms with Crippen molar-refractivity contribution in [2.24, 2.45) is 5.73 Å². The van der Waals surface area contributed by atoms with Crippen LogP contribution in [0.15, 0.2) is 36.4 Å². The summed E-state index contributed by atoms with van der Waals surface area (Å²) in [6.07, 6.45) is 0. The first-order valence-corrected chi connectivity index (χ1v) is 7.13. The van der Waals surface area contributed by atoms with Crippen LogP contribution in [0.1, 0.15) is 35.2 Å². The van der Waals surface area contributed by atoms with E-state index >= 15 is 0 Å². The number of hydrogen-bond acceptors (Lipinski definition) is 3. The van der Waals surface area contributed by atoms with Crippen LogP contribution in [0.4, 0.5) is 0 Å². The van der Waals surface area contributed by atoms with Crippen molar-refractivity contribution < 1.29 is 9.47 Å². The number of hydrogen-bond donors (Lipinski definition) is 1. The summed E-state index contributed by atoms with van der Waals surface area (Å²) in [4.78, 5) is 0. The van der Waals surface area contributed by atoms with E-state index in [1.807, 2.05) is 31.2 Å². The summed E-state index contributed by atoms with van der Waals surface area (Å²) in [7, 11) is 1.67. The summed E-state index contributed by atoms with van der Waals surface area (Å²) in [6, 6.07) is 12.2. The first-order chi connectivity index (χ1) is 10.0. The van der Waals surface area contributed by atoms with E-state index in [9.17, 15) is 0 Å². The molecule has 0 heterocycles. The quantitative estimate of drug-likeness (QED) is 0.905. The molecule has 0 aliphatic heterocycles. The van der Waals surface area contributed by atoms with Gasteiger partial charge in [0, 0.05) is 11.6 Å². The lowest BCUT2D eigenvalue weighted by atomic mass is 10.1. The maximum absolute atomic E-state index is 5.94. The third kappa shape index (κ3) is 3.76. The second-order valence-electron chi connectivity index (χ2n) is 5.42. The molecule has 0 aliphatic rings. The van der Waals surface area contributed by atoms with Crippen LogP contribution in [0.3, 0.4) is 0 Å². The molecule has 2 aromatic rings. The molecular formula is C18H23NO2. The molecule has 0 saturated heterocycles. The summed E-state index contributed by atoms with van der Waals surface area (Å²) < 4.78 is 11.3. The SMILES string of the molecule is COc1ccc(C(C)N)cc1COc1ccc(C)cc1C. The van der Waals surface area contributed by atoms with Crippen LogP contribution in [-0.2, 0) is 6.61 Å². The Hall–Kier alpha value is -2.00. The minimum absolute atomic E-state index is 0.00392. The lowest BCUT2D eigenvalue weighted by molar-refractivity contribution is 0.294. The summed E-state index contributed by atoms with van der Waals surface area (Å²) in [5, 5.41) is 0. The van der Waals surface area contributed by atoms with Crippen LogP contribution >= 0.6 is 0 Å². The zero-order chi connectivity index (χ0) is 15.4. The van der Waals surface area contributed by atoms with Crippen molar-refractivity contribution in [3.8, 4) is 11.5 Å². The van der Waals surface area contributed by atoms with Crippen molar-refractivity contribution >= 4 is 0 Å². The van der Waals surface area contributed by atoms with Gasteiger partial charge in [-0.1, -0.05) is 23.8 Å². The molecule has 0 bridgehead atoms. The van der Waals surface area contributed by atoms with Crippen molar-refractivity contribution in [3.63, 3.8) is 0 Å². The van der Waals surface area contributed by atoms with Crippen molar-refractivity contribution in [2.45, 2.75) is 33.4 Å². The Kier molecular flexibility index (Phi) is 4.86. The molecular weight excluding hydrogens is 262 g/mol. The first-order valence-electron chi connectivity index (χ1n) is 7.13. The normalized spacial score (nSPS) is 12.0. The van der Waals surface area contributed by atoms with E-state index in [4.69, 9.17) is 15.2 Å². The fourth-order valence-electron chi connectivity index (χ4n) is 2.31. The third-order valence-corrected chi connectivity index (χ3v) is 3.54. The Morgan fingerprint density at radius 1 is 1.05 bits per heavy atom. The lowest BCUT2D eigenvalue weighted by Gasteiger charge is -2.15. The number of ether oxygens (including phenoxy) is 2. The van der Waals surface area contributed by atoms with Crippen molar-refractivity contribution in [1.29, 1.82) is 0 Å². The maximum Gasteiger partial charge on any atom is 0.125 e. The van der Waals surface area contributed by atoms with Gasteiger partial charge >= 0.3 is 0 Å². The van der Waals surface area contributed by atoms with E-state index in [0.717, 1.165) is 28.2 Å². The van der Waals surface area contributed by atoms with E-state index < -0.39 is 0 Å². The van der Waals surface area contributed by atoms with E-state index in [1.54, 1.807) is 7.11 Å². The molecule has 0 aromatic heterocycles. The van der Waals surface area contributed by atoms with Gasteiger partial charge in [-0.15, -0.1) is 0 Å². The van der Waals surface area contributed by atoms with Gasteiger partial charge in [0.25, 0.3) is 0 Å². The number of aryl methyl sites for hydroxylation is 2. The van der Waals surface area contributed by atoms with E-state index in [2.05, 4.69) is 26.0 Å². The molecule has 3 nitrogen and oxygen atoms in total. The maximum atomic E-state index is 5.94. The molecule has 3 heteroatoms. The Labute approximate surface area is 126 Å². The number of rotatable bonds is 5. The largest absolute Gasteiger partial charge is 0.496 e. The number of benzene rings is 2. The molecule has 0 amide bonds. The van der Waals surface area contributed by atoms with Crippen molar-refractivity contribution in [2.75, 3.05) is 7.11 Å². The summed E-state index contributed by atoms with van der Waals surface area (Å²) >= 11 is 0. The molecule has 0 radical (unpaired) electrons. The van der Waals surface area contributed by atoms with Gasteiger partial charge in [-0.2, -0.15) is 0 Å². The highest BCUT2D eigenvalue weighted by atomic mass is 16.5. The van der Waals surface area contributed by atoms with Crippen molar-refractivity contribution in [1.82, 2.24) is 0 Å². The van der Waals surface area contributed by atoms with Crippen LogP contribution < -0.4 is 15.2 Å². The molecule has 21 heavy (non-hydrogen) atoms. The minimum atomic E-state index is -0.00392. The predicted molar refractivity (Wildman–Crippen MR) is 85.8 cm³/mol. The fraction of sp³-hybridized carbons (Fsp3) is 0.333. The Balaban J connectivity index is 2.20. The number of nitrogens with two attached hydrogens (primary N) is 1. The van der Waals surface area contributed by atoms with E-state index in [1.165, 1.54) is 5.56 Å². The smallest absolute Gasteiger partial charge is 0.125 e. The fourth-order valence-corrected chi connectivity index (χ4v) is 2.31. The number of methoxy groups -OCH3 is 1. The topological polar surface area (TPSA) is 44.5 Å². The van der Waals surface area contributed by atoms with Gasteiger partial charge in [0.2, 0.25) is 0 Å². The van der Waals surface area contributed by atoms with Gasteiger partial charge in [-0.05, 0) is 50.1 Å². The average Bonchev–Trinajstić information content (AvgIpc) is 2.46. The lowest BCUT2D eigenvalue weighted by Crippen LogP contribution is -2.07. The highest BCUT2D eigenvalue weighted by Crippen LogP contribution is 2.25. The van der Waals surface area contributed by atoms with Gasteiger partial charge in [-0.3, -0.25) is 0 Å². The first kappa shape index (κ1) is 15.4. The standard InChI is InChI=1S/C18H23NO2/c1-12-5-7-17(13(2)9-12)21-11-16-10-15(14(3)19)6-8-18(16)20-4/h5-10,14H,11,19H2,1-4H3. The second kappa shape index (κ2) is 6.64. The average molecular weight is 285 g/mol. The minimum Gasteiger partial charge on any atom is -0.496 e. The summed E-state index contributed by atoms with van der Waals surface area (Å²) in [6.45, 7) is 6.56. The monoisotopic (exact) mass is 285 g/mol. The molecule has 1 unspecified atom stereocenters. The molecule has 0 aliphatic carbocycles. The van der Waals surface area contributed by atoms with Gasteiger partial charge < -0.3 is 15.2 Å². The zero-order valence-electron chi connectivity index (χ0n) is 13.1. The van der Waals surface area contributed by atoms with Crippen LogP contribution in [0.2, 0.25) is 0 Å². The molecule has 0 saturated carbocycles. The Bertz CT molecular complexity index is 621. The summed E-state index contributed by atoms with van der Waals surface area (Å²) in [5.41, 5.74) is 10.4. The molecule has 0 spiro atoms. The predicted octanol–water partition coefficient (Wildman–Crippen LogP) is 3.91. The van der Waals surface area contributed by atoms with Crippen LogP contribution in [0, 0.1) is 13.8 Å². The van der Waals surface area contributed by atoms with Crippen molar-refractivity contribution in [3.05, 3.63) is 58.7 Å². The molecule has 2 N–H and O–H groups in total. The molecule has 2 aromatic carbocycles. The highest BCUT2D eigenvalue weighted by molar-refractivity contribution is 5.39. The molecule has 1 atom stereocenters. The van der Waals surface area contributed by atoms with Gasteiger partial charge in [0.1, 0.15) is 18.1 Å². The molecule has 2 rings (SSSR count). The van der Waals surface area contributed by atoms with Crippen LogP contribution in [0.25, 0.3) is 0 Å². The summed E-state index contributed by atoms with van der Waals surface area (Å²) in [5.74, 6) is 1.72. The van der Waals surface area contributed by atoms with E-state index in [-0.39, 0.29) is 6.04 Å². The van der Waals surface area contributed by atoms with Crippen LogP contribution in [-0.4, -0.2) is 7.11 Å². The second-order valence-corrected chi connectivity index (χ2v) is 5.42. The van der Waals surface area contributed by atoms with Gasteiger partial charge in [0.15, 0.2) is 0 Å². The molecule has 112 valence electrons. The van der Waals surface area contributed by atoms with E-state index in [0.29, 0.717) is 6.61 Å². The Morgan fingerprint density at radius 3 is 2.38 bits per heavy atom. The highest BCUT2D eigenvalue weighted by Gasteiger charge is 2.09. The van der Waals surface area contributed by atoms with Gasteiger partial charge in [-0.25, -0.2) is 0 Å².